The monoisotopic (exact) mass is 518 g/mol. The van der Waals surface area contributed by atoms with E-state index in [1.807, 2.05) is 0 Å². The second kappa shape index (κ2) is 2.87. The molecule has 22 aliphatic carbocycles. The van der Waals surface area contributed by atoms with Crippen LogP contribution in [0, 0.1) is 195 Å². The summed E-state index contributed by atoms with van der Waals surface area (Å²) in [6, 6.07) is 0. The Balaban J connectivity index is 0.810. The van der Waals surface area contributed by atoms with Crippen LogP contribution in [0.15, 0.2) is 0 Å². The summed E-state index contributed by atoms with van der Waals surface area (Å²) in [5, 5.41) is 0. The Morgan fingerprint density at radius 3 is 1.07 bits per heavy atom. The van der Waals surface area contributed by atoms with E-state index in [2.05, 4.69) is 27.7 Å². The third-order valence-corrected chi connectivity index (χ3v) is 29.2. The topological polar surface area (TPSA) is 0 Å². The van der Waals surface area contributed by atoms with Crippen LogP contribution in [0.3, 0.4) is 0 Å². The lowest BCUT2D eigenvalue weighted by Gasteiger charge is -3.38. The van der Waals surface area contributed by atoms with Crippen LogP contribution in [-0.2, 0) is 0 Å². The second-order valence-electron chi connectivity index (χ2n) is 24.6. The lowest BCUT2D eigenvalue weighted by Crippen LogP contribution is -3.36. The summed E-state index contributed by atoms with van der Waals surface area (Å²) in [6.45, 7) is 11.1. The Hall–Kier alpha value is 0. The molecular formula is C40H38. The molecule has 22 rings (SSSR count). The van der Waals surface area contributed by atoms with Crippen LogP contribution in [0.2, 0.25) is 0 Å². The summed E-state index contributed by atoms with van der Waals surface area (Å²) in [5.41, 5.74) is 11.9. The van der Waals surface area contributed by atoms with Crippen LogP contribution < -0.4 is 0 Å². The Labute approximate surface area is 235 Å². The van der Waals surface area contributed by atoms with E-state index in [4.69, 9.17) is 0 Å². The van der Waals surface area contributed by atoms with Gasteiger partial charge in [0.1, 0.15) is 0 Å². The predicted molar refractivity (Wildman–Crippen MR) is 138 cm³/mol. The van der Waals surface area contributed by atoms with Gasteiger partial charge in [0.15, 0.2) is 0 Å². The Morgan fingerprint density at radius 2 is 0.675 bits per heavy atom. The molecule has 22 fully saturated rings. The molecule has 0 aromatic carbocycles. The van der Waals surface area contributed by atoms with E-state index in [-0.39, 0.29) is 0 Å². The molecule has 20 atom stereocenters. The predicted octanol–water partition coefficient (Wildman–Crippen LogP) is 5.54. The summed E-state index contributed by atoms with van der Waals surface area (Å²) in [4.78, 5) is 0. The van der Waals surface area contributed by atoms with Gasteiger partial charge in [0, 0.05) is 0 Å². The molecule has 198 valence electrons. The van der Waals surface area contributed by atoms with Gasteiger partial charge in [0.25, 0.3) is 0 Å². The number of hydrogen-bond donors (Lipinski definition) is 0. The van der Waals surface area contributed by atoms with Crippen molar-refractivity contribution in [2.45, 2.75) is 40.5 Å². The first-order valence-electron chi connectivity index (χ1n) is 19.4. The van der Waals surface area contributed by atoms with Crippen LogP contribution in [-0.4, -0.2) is 0 Å². The average Bonchev–Trinajstić information content (AvgIpc) is 2.78. The van der Waals surface area contributed by atoms with Gasteiger partial charge in [-0.15, -0.1) is 0 Å². The maximum Gasteiger partial charge on any atom is -0.00932 e. The zero-order valence-corrected chi connectivity index (χ0v) is 24.1. The van der Waals surface area contributed by atoms with E-state index in [0.717, 1.165) is 60.1 Å². The lowest BCUT2D eigenvalue weighted by molar-refractivity contribution is -0.924. The van der Waals surface area contributed by atoms with Crippen molar-refractivity contribution in [2.75, 3.05) is 0 Å². The van der Waals surface area contributed by atoms with Crippen LogP contribution in [0.1, 0.15) is 40.5 Å². The fourth-order valence-corrected chi connectivity index (χ4v) is 34.7. The Bertz CT molecular complexity index is 1870. The molecule has 0 nitrogen and oxygen atoms in total. The zero-order chi connectivity index (χ0) is 24.1. The van der Waals surface area contributed by atoms with Crippen LogP contribution in [0.25, 0.3) is 0 Å². The first-order valence-corrected chi connectivity index (χ1v) is 19.4. The molecule has 0 radical (unpaired) electrons. The second-order valence-corrected chi connectivity index (χ2v) is 24.6. The largest absolute Gasteiger partial charge is 0.0593 e. The third-order valence-electron chi connectivity index (χ3n) is 29.2. The van der Waals surface area contributed by atoms with Gasteiger partial charge in [-0.25, -0.2) is 0 Å². The van der Waals surface area contributed by atoms with Gasteiger partial charge in [-0.1, -0.05) is 27.7 Å². The van der Waals surface area contributed by atoms with Crippen molar-refractivity contribution >= 4 is 0 Å². The van der Waals surface area contributed by atoms with E-state index in [1.165, 1.54) is 124 Å². The molecule has 0 amide bonds. The Kier molecular flexibility index (Phi) is 1.17. The zero-order valence-electron chi connectivity index (χ0n) is 24.1. The lowest BCUT2D eigenvalue weighted by atomic mass is 8.65. The van der Waals surface area contributed by atoms with E-state index >= 15 is 0 Å². The Morgan fingerprint density at radius 1 is 0.350 bits per heavy atom. The molecule has 40 heavy (non-hydrogen) atoms. The summed E-state index contributed by atoms with van der Waals surface area (Å²) in [5.74, 6) is 28.8. The van der Waals surface area contributed by atoms with Gasteiger partial charge in [-0.3, -0.25) is 0 Å². The molecule has 0 N–H and O–H groups in total. The van der Waals surface area contributed by atoms with Crippen LogP contribution >= 0.6 is 0 Å². The highest BCUT2D eigenvalue weighted by molar-refractivity contribution is 5.82. The summed E-state index contributed by atoms with van der Waals surface area (Å²) in [6.07, 6.45) is 3.48. The normalized spacial score (nSPS) is 114. The van der Waals surface area contributed by atoms with Gasteiger partial charge in [0.2, 0.25) is 0 Å². The molecule has 20 unspecified atom stereocenters. The van der Waals surface area contributed by atoms with Crippen LogP contribution in [0.5, 0.6) is 0 Å². The van der Waals surface area contributed by atoms with Crippen molar-refractivity contribution < 1.29 is 0 Å². The summed E-state index contributed by atoms with van der Waals surface area (Å²) in [7, 11) is 0. The molecule has 0 heterocycles. The number of rotatable bonds is 0. The smallest absolute Gasteiger partial charge is 0.00932 e. The number of hydrogen-bond acceptors (Lipinski definition) is 0. The molecule has 0 saturated heterocycles. The minimum absolute atomic E-state index is 0.693. The van der Waals surface area contributed by atoms with Gasteiger partial charge in [-0.2, -0.15) is 0 Å². The maximum absolute atomic E-state index is 2.79. The van der Waals surface area contributed by atoms with Crippen LogP contribution in [0.4, 0.5) is 0 Å². The molecule has 0 aliphatic heterocycles. The third kappa shape index (κ3) is 0.518. The fourth-order valence-electron chi connectivity index (χ4n) is 34.7. The van der Waals surface area contributed by atoms with E-state index < -0.39 is 0 Å². The standard InChI is InChI=1S/C40H38/c1-29(2)26-24-22-20-18-16-14-12-10-8-5-7-6-9-11-13-15-17-19-21-23-25-27-30(3,4)28(29)32(26,27)34(24,25)36(22,23)38(20,21)40(18,19)39(16,17)37(14,15)35(12,13)33(10,11)31(7,8)9/h7-28H,5-6H2,1-4H3. The van der Waals surface area contributed by atoms with E-state index in [1.54, 1.807) is 12.8 Å². The highest BCUT2D eigenvalue weighted by atomic mass is 15.4. The molecule has 0 aromatic heterocycles. The first kappa shape index (κ1) is 16.4. The highest BCUT2D eigenvalue weighted by Crippen LogP contribution is 3.39. The molecule has 22 saturated carbocycles. The van der Waals surface area contributed by atoms with Crippen molar-refractivity contribution in [3.05, 3.63) is 0 Å². The first-order chi connectivity index (χ1) is 19.4. The molecule has 10 spiro atoms. The van der Waals surface area contributed by atoms with Crippen molar-refractivity contribution in [1.82, 2.24) is 0 Å². The molecular weight excluding hydrogens is 480 g/mol. The average molecular weight is 519 g/mol. The highest BCUT2D eigenvalue weighted by Gasteiger charge is 3.37. The van der Waals surface area contributed by atoms with Crippen molar-refractivity contribution in [2.24, 2.45) is 195 Å². The fraction of sp³-hybridized carbons (Fsp3) is 1.00. The molecule has 0 bridgehead atoms. The van der Waals surface area contributed by atoms with Gasteiger partial charge in [-0.05, 0) is 208 Å². The van der Waals surface area contributed by atoms with E-state index in [0.29, 0.717) is 10.8 Å². The molecule has 0 aromatic rings. The minimum atomic E-state index is 0.693. The van der Waals surface area contributed by atoms with Crippen molar-refractivity contribution in [1.29, 1.82) is 0 Å². The quantitative estimate of drug-likeness (QED) is 0.395. The SMILES string of the molecule is CC1(C)C2C3C4C5C6C7C8C9C%10C%11CC%12CC%13C%14C%15C%16C%17C%18C%19C%20C%21C%22C(C)(C)C1C2%22C3%21C4%20C5%19C6%18C7%17C8%16C9%15C%10%14C%12%11%13. The molecule has 22 aliphatic rings. The van der Waals surface area contributed by atoms with Gasteiger partial charge in [0.05, 0.1) is 0 Å². The molecule has 0 heteroatoms. The summed E-state index contributed by atoms with van der Waals surface area (Å²) < 4.78 is 0. The van der Waals surface area contributed by atoms with Gasteiger partial charge < -0.3 is 0 Å². The van der Waals surface area contributed by atoms with E-state index in [9.17, 15) is 0 Å². The summed E-state index contributed by atoms with van der Waals surface area (Å²) >= 11 is 0. The van der Waals surface area contributed by atoms with Crippen molar-refractivity contribution in [3.63, 3.8) is 0 Å². The van der Waals surface area contributed by atoms with Gasteiger partial charge >= 0.3 is 0 Å². The number of fused-ring (bicyclic) bond motifs is 18. The van der Waals surface area contributed by atoms with Crippen molar-refractivity contribution in [3.8, 4) is 0 Å². The minimum Gasteiger partial charge on any atom is -0.0593 e. The maximum atomic E-state index is 2.79.